The zero-order valence-corrected chi connectivity index (χ0v) is 7.90. The third kappa shape index (κ3) is 2.57. The Morgan fingerprint density at radius 3 is 2.77 bits per heavy atom. The largest absolute Gasteiger partial charge is 0.395 e. The maximum Gasteiger partial charge on any atom is 0.321 e. The maximum absolute atomic E-state index is 11.6. The number of amides is 2. The fourth-order valence-corrected chi connectivity index (χ4v) is 1.45. The summed E-state index contributed by atoms with van der Waals surface area (Å²) in [6.45, 7) is 2.25. The first-order valence-corrected chi connectivity index (χ1v) is 4.43. The van der Waals surface area contributed by atoms with Gasteiger partial charge in [-0.15, -0.1) is 0 Å². The van der Waals surface area contributed by atoms with Gasteiger partial charge in [0.1, 0.15) is 6.73 Å². The average Bonchev–Trinajstić information content (AvgIpc) is 2.13. The normalized spacial score (nSPS) is 18.2. The van der Waals surface area contributed by atoms with E-state index in [1.165, 1.54) is 0 Å². The van der Waals surface area contributed by atoms with Gasteiger partial charge in [-0.05, 0) is 6.42 Å². The number of methoxy groups -OCH3 is 1. The number of hydrogen-bond acceptors (Lipinski definition) is 3. The maximum atomic E-state index is 11.6. The minimum atomic E-state index is -0.0397. The third-order valence-corrected chi connectivity index (χ3v) is 2.05. The quantitative estimate of drug-likeness (QED) is 0.659. The summed E-state index contributed by atoms with van der Waals surface area (Å²) in [4.78, 5) is 14.8. The smallest absolute Gasteiger partial charge is 0.321 e. The average molecular weight is 188 g/mol. The van der Waals surface area contributed by atoms with E-state index >= 15 is 0 Å². The molecule has 0 bridgehead atoms. The summed E-state index contributed by atoms with van der Waals surface area (Å²) in [6, 6.07) is -0.0397. The van der Waals surface area contributed by atoms with Crippen LogP contribution in [0.3, 0.4) is 0 Å². The standard InChI is InChI=1S/C8H16N2O3/c1-13-7-10-4-2-3-9(5-6-11)8(10)12/h11H,2-7H2,1H3. The van der Waals surface area contributed by atoms with E-state index in [1.807, 2.05) is 0 Å². The molecular weight excluding hydrogens is 172 g/mol. The summed E-state index contributed by atoms with van der Waals surface area (Å²) < 4.78 is 4.89. The second-order valence-electron chi connectivity index (χ2n) is 3.03. The van der Waals surface area contributed by atoms with E-state index in [-0.39, 0.29) is 12.6 Å². The third-order valence-electron chi connectivity index (χ3n) is 2.05. The molecule has 76 valence electrons. The van der Waals surface area contributed by atoms with Crippen LogP contribution in [0.1, 0.15) is 6.42 Å². The Labute approximate surface area is 77.9 Å². The minimum absolute atomic E-state index is 0.0204. The van der Waals surface area contributed by atoms with E-state index in [0.29, 0.717) is 13.3 Å². The van der Waals surface area contributed by atoms with Gasteiger partial charge in [0.15, 0.2) is 0 Å². The first kappa shape index (κ1) is 10.3. The summed E-state index contributed by atoms with van der Waals surface area (Å²) in [5.41, 5.74) is 0. The highest BCUT2D eigenvalue weighted by Crippen LogP contribution is 2.07. The topological polar surface area (TPSA) is 53.0 Å². The Morgan fingerprint density at radius 1 is 1.46 bits per heavy atom. The van der Waals surface area contributed by atoms with Crippen LogP contribution in [-0.4, -0.2) is 61.0 Å². The van der Waals surface area contributed by atoms with Crippen LogP contribution in [0.2, 0.25) is 0 Å². The Bertz CT molecular complexity index is 155. The molecule has 0 spiro atoms. The summed E-state index contributed by atoms with van der Waals surface area (Å²) in [7, 11) is 1.57. The lowest BCUT2D eigenvalue weighted by molar-refractivity contribution is 0.0464. The van der Waals surface area contributed by atoms with Crippen molar-refractivity contribution in [3.05, 3.63) is 0 Å². The number of nitrogens with zero attached hydrogens (tertiary/aromatic N) is 2. The lowest BCUT2D eigenvalue weighted by Gasteiger charge is -2.34. The molecule has 1 N–H and O–H groups in total. The molecule has 0 aromatic rings. The van der Waals surface area contributed by atoms with Gasteiger partial charge in [-0.2, -0.15) is 0 Å². The molecule has 1 saturated heterocycles. The number of carbonyl (C=O) groups excluding carboxylic acids is 1. The van der Waals surface area contributed by atoms with Gasteiger partial charge in [0.25, 0.3) is 0 Å². The summed E-state index contributed by atoms with van der Waals surface area (Å²) in [5, 5.41) is 8.71. The van der Waals surface area contributed by atoms with Crippen LogP contribution in [0.25, 0.3) is 0 Å². The van der Waals surface area contributed by atoms with Crippen molar-refractivity contribution in [3.8, 4) is 0 Å². The van der Waals surface area contributed by atoms with Gasteiger partial charge in [-0.1, -0.05) is 0 Å². The molecule has 0 aromatic heterocycles. The van der Waals surface area contributed by atoms with Crippen molar-refractivity contribution in [3.63, 3.8) is 0 Å². The fourth-order valence-electron chi connectivity index (χ4n) is 1.45. The summed E-state index contributed by atoms with van der Waals surface area (Å²) in [6.07, 6.45) is 0.940. The molecule has 0 atom stereocenters. The Morgan fingerprint density at radius 2 is 2.15 bits per heavy atom. The van der Waals surface area contributed by atoms with Crippen LogP contribution in [0.15, 0.2) is 0 Å². The number of hydrogen-bond donors (Lipinski definition) is 1. The fraction of sp³-hybridized carbons (Fsp3) is 0.875. The van der Waals surface area contributed by atoms with E-state index in [0.717, 1.165) is 19.5 Å². The van der Waals surface area contributed by atoms with E-state index in [2.05, 4.69) is 0 Å². The van der Waals surface area contributed by atoms with Crippen LogP contribution in [0, 0.1) is 0 Å². The van der Waals surface area contributed by atoms with Crippen LogP contribution in [0.5, 0.6) is 0 Å². The molecule has 0 radical (unpaired) electrons. The number of aliphatic hydroxyl groups is 1. The molecule has 1 aliphatic heterocycles. The molecule has 2 amide bonds. The van der Waals surface area contributed by atoms with Gasteiger partial charge in [-0.25, -0.2) is 4.79 Å². The second-order valence-corrected chi connectivity index (χ2v) is 3.03. The van der Waals surface area contributed by atoms with Crippen LogP contribution >= 0.6 is 0 Å². The first-order valence-electron chi connectivity index (χ1n) is 4.43. The van der Waals surface area contributed by atoms with E-state index in [1.54, 1.807) is 16.9 Å². The number of aliphatic hydroxyl groups excluding tert-OH is 1. The molecule has 1 aliphatic rings. The molecule has 5 heteroatoms. The van der Waals surface area contributed by atoms with Crippen LogP contribution in [0.4, 0.5) is 4.79 Å². The molecule has 0 unspecified atom stereocenters. The van der Waals surface area contributed by atoms with Gasteiger partial charge >= 0.3 is 6.03 Å². The van der Waals surface area contributed by atoms with Gasteiger partial charge in [0.2, 0.25) is 0 Å². The number of ether oxygens (including phenoxy) is 1. The predicted molar refractivity (Wildman–Crippen MR) is 47.3 cm³/mol. The van der Waals surface area contributed by atoms with E-state index < -0.39 is 0 Å². The van der Waals surface area contributed by atoms with Gasteiger partial charge < -0.3 is 19.6 Å². The monoisotopic (exact) mass is 188 g/mol. The first-order chi connectivity index (χ1) is 6.29. The number of rotatable bonds is 4. The zero-order valence-electron chi connectivity index (χ0n) is 7.90. The molecule has 0 saturated carbocycles. The highest BCUT2D eigenvalue weighted by atomic mass is 16.5. The van der Waals surface area contributed by atoms with E-state index in [4.69, 9.17) is 9.84 Å². The van der Waals surface area contributed by atoms with Crippen molar-refractivity contribution >= 4 is 6.03 Å². The second kappa shape index (κ2) is 5.04. The molecule has 0 aromatic carbocycles. The van der Waals surface area contributed by atoms with Crippen LogP contribution in [-0.2, 0) is 4.74 Å². The SMILES string of the molecule is COCN1CCCN(CCO)C1=O. The van der Waals surface area contributed by atoms with Crippen molar-refractivity contribution in [1.82, 2.24) is 9.80 Å². The zero-order chi connectivity index (χ0) is 9.68. The minimum Gasteiger partial charge on any atom is -0.395 e. The molecule has 1 rings (SSSR count). The Balaban J connectivity index is 2.45. The lowest BCUT2D eigenvalue weighted by atomic mass is 10.3. The summed E-state index contributed by atoms with van der Waals surface area (Å²) in [5.74, 6) is 0. The highest BCUT2D eigenvalue weighted by molar-refractivity contribution is 5.75. The number of β-amino-alcohol motifs (C(OH)–C–C–N with tert-alkyl or cyclic N) is 1. The molecule has 0 aliphatic carbocycles. The molecule has 1 fully saturated rings. The molecular formula is C8H16N2O3. The highest BCUT2D eigenvalue weighted by Gasteiger charge is 2.24. The molecule has 1 heterocycles. The molecule has 13 heavy (non-hydrogen) atoms. The molecule has 5 nitrogen and oxygen atoms in total. The number of carbonyl (C=O) groups is 1. The van der Waals surface area contributed by atoms with E-state index in [9.17, 15) is 4.79 Å². The van der Waals surface area contributed by atoms with Gasteiger partial charge in [0.05, 0.1) is 6.61 Å². The summed E-state index contributed by atoms with van der Waals surface area (Å²) >= 11 is 0. The Kier molecular flexibility index (Phi) is 3.98. The van der Waals surface area contributed by atoms with Crippen molar-refractivity contribution in [1.29, 1.82) is 0 Å². The van der Waals surface area contributed by atoms with Crippen molar-refractivity contribution in [2.24, 2.45) is 0 Å². The lowest BCUT2D eigenvalue weighted by Crippen LogP contribution is -2.50. The Hall–Kier alpha value is -0.810. The predicted octanol–water partition coefficient (Wildman–Crippen LogP) is -0.290. The van der Waals surface area contributed by atoms with Gasteiger partial charge in [-0.3, -0.25) is 0 Å². The van der Waals surface area contributed by atoms with Crippen molar-refractivity contribution in [2.75, 3.05) is 40.1 Å². The van der Waals surface area contributed by atoms with Crippen LogP contribution < -0.4 is 0 Å². The number of urea groups is 1. The van der Waals surface area contributed by atoms with Crippen molar-refractivity contribution in [2.45, 2.75) is 6.42 Å². The van der Waals surface area contributed by atoms with Gasteiger partial charge in [0, 0.05) is 26.7 Å². The van der Waals surface area contributed by atoms with Crippen molar-refractivity contribution < 1.29 is 14.6 Å².